The lowest BCUT2D eigenvalue weighted by Gasteiger charge is -2.39. The van der Waals surface area contributed by atoms with Crippen LogP contribution in [0.1, 0.15) is 31.1 Å². The SMILES string of the molecule is CC(C)(C)OC(=O)N1CC(Oc2ccc(-c3ccc(C(=O)NCCO)c(F)c3)nc2)C1. The Bertz CT molecular complexity index is 937. The van der Waals surface area contributed by atoms with Crippen molar-refractivity contribution in [2.24, 2.45) is 0 Å². The number of rotatable bonds is 6. The van der Waals surface area contributed by atoms with E-state index in [4.69, 9.17) is 14.6 Å². The Kier molecular flexibility index (Phi) is 6.74. The van der Waals surface area contributed by atoms with Gasteiger partial charge in [0.1, 0.15) is 23.3 Å². The summed E-state index contributed by atoms with van der Waals surface area (Å²) in [5.41, 5.74) is 0.403. The molecule has 0 radical (unpaired) electrons. The van der Waals surface area contributed by atoms with Crippen molar-refractivity contribution in [2.75, 3.05) is 26.2 Å². The molecular weight excluding hydrogens is 405 g/mol. The fourth-order valence-electron chi connectivity index (χ4n) is 2.92. The van der Waals surface area contributed by atoms with E-state index in [0.717, 1.165) is 0 Å². The maximum atomic E-state index is 14.3. The number of halogens is 1. The van der Waals surface area contributed by atoms with Crippen LogP contribution in [0.5, 0.6) is 5.75 Å². The van der Waals surface area contributed by atoms with Crippen LogP contribution in [0.15, 0.2) is 36.5 Å². The number of nitrogens with zero attached hydrogens (tertiary/aromatic N) is 2. The molecule has 2 amide bonds. The van der Waals surface area contributed by atoms with Crippen molar-refractivity contribution in [1.82, 2.24) is 15.2 Å². The number of carbonyl (C=O) groups is 2. The first kappa shape index (κ1) is 22.5. The van der Waals surface area contributed by atoms with Crippen molar-refractivity contribution in [1.29, 1.82) is 0 Å². The Hall–Kier alpha value is -3.20. The summed E-state index contributed by atoms with van der Waals surface area (Å²) < 4.78 is 25.4. The van der Waals surface area contributed by atoms with E-state index < -0.39 is 17.3 Å². The van der Waals surface area contributed by atoms with Crippen molar-refractivity contribution < 1.29 is 28.6 Å². The zero-order chi connectivity index (χ0) is 22.6. The Morgan fingerprint density at radius 1 is 1.26 bits per heavy atom. The smallest absolute Gasteiger partial charge is 0.410 e. The number of hydrogen-bond acceptors (Lipinski definition) is 6. The number of hydrogen-bond donors (Lipinski definition) is 2. The van der Waals surface area contributed by atoms with Crippen molar-refractivity contribution in [3.8, 4) is 17.0 Å². The van der Waals surface area contributed by atoms with Crippen LogP contribution in [0.2, 0.25) is 0 Å². The van der Waals surface area contributed by atoms with Crippen molar-refractivity contribution >= 4 is 12.0 Å². The molecule has 0 spiro atoms. The molecule has 31 heavy (non-hydrogen) atoms. The van der Waals surface area contributed by atoms with E-state index >= 15 is 0 Å². The summed E-state index contributed by atoms with van der Waals surface area (Å²) in [6.07, 6.45) is 1.02. The van der Waals surface area contributed by atoms with Gasteiger partial charge in [-0.1, -0.05) is 6.07 Å². The Labute approximate surface area is 180 Å². The van der Waals surface area contributed by atoms with Gasteiger partial charge in [0.05, 0.1) is 37.2 Å². The number of carbonyl (C=O) groups excluding carboxylic acids is 2. The summed E-state index contributed by atoms with van der Waals surface area (Å²) in [6, 6.07) is 7.63. The van der Waals surface area contributed by atoms with Crippen LogP contribution in [-0.2, 0) is 4.74 Å². The zero-order valence-corrected chi connectivity index (χ0v) is 17.7. The first-order valence-electron chi connectivity index (χ1n) is 9.96. The molecule has 9 heteroatoms. The normalized spacial score (nSPS) is 14.0. The number of aromatic nitrogens is 1. The van der Waals surface area contributed by atoms with Crippen LogP contribution in [0.25, 0.3) is 11.3 Å². The van der Waals surface area contributed by atoms with E-state index in [-0.39, 0.29) is 30.9 Å². The Morgan fingerprint density at radius 3 is 2.58 bits per heavy atom. The van der Waals surface area contributed by atoms with Gasteiger partial charge < -0.3 is 24.8 Å². The molecule has 166 valence electrons. The molecule has 3 rings (SSSR count). The van der Waals surface area contributed by atoms with Crippen LogP contribution < -0.4 is 10.1 Å². The van der Waals surface area contributed by atoms with Gasteiger partial charge in [-0.25, -0.2) is 9.18 Å². The van der Waals surface area contributed by atoms with Gasteiger partial charge in [-0.05, 0) is 45.0 Å². The van der Waals surface area contributed by atoms with E-state index in [2.05, 4.69) is 10.3 Å². The van der Waals surface area contributed by atoms with Gasteiger partial charge in [0.2, 0.25) is 0 Å². The third-order valence-electron chi connectivity index (χ3n) is 4.45. The minimum atomic E-state index is -0.674. The maximum Gasteiger partial charge on any atom is 0.410 e. The lowest BCUT2D eigenvalue weighted by atomic mass is 10.1. The lowest BCUT2D eigenvalue weighted by molar-refractivity contribution is -0.0222. The number of benzene rings is 1. The molecule has 1 saturated heterocycles. The molecular formula is C22H26FN3O5. The van der Waals surface area contributed by atoms with Gasteiger partial charge in [0.25, 0.3) is 5.91 Å². The summed E-state index contributed by atoms with van der Waals surface area (Å²) in [5.74, 6) is -0.722. The predicted octanol–water partition coefficient (Wildman–Crippen LogP) is 2.61. The molecule has 2 N–H and O–H groups in total. The molecule has 2 aromatic rings. The van der Waals surface area contributed by atoms with Gasteiger partial charge >= 0.3 is 6.09 Å². The third kappa shape index (κ3) is 5.91. The molecule has 1 fully saturated rings. The lowest BCUT2D eigenvalue weighted by Crippen LogP contribution is -2.57. The van der Waals surface area contributed by atoms with Gasteiger partial charge in [-0.3, -0.25) is 9.78 Å². The summed E-state index contributed by atoms with van der Waals surface area (Å²) in [6.45, 7) is 6.15. The average Bonchev–Trinajstić information content (AvgIpc) is 2.67. The number of amides is 2. The fourth-order valence-corrected chi connectivity index (χ4v) is 2.92. The first-order chi connectivity index (χ1) is 14.7. The first-order valence-corrected chi connectivity index (χ1v) is 9.96. The predicted molar refractivity (Wildman–Crippen MR) is 111 cm³/mol. The number of aliphatic hydroxyl groups excluding tert-OH is 1. The van der Waals surface area contributed by atoms with Gasteiger partial charge in [-0.15, -0.1) is 0 Å². The topological polar surface area (TPSA) is 101 Å². The molecule has 2 heterocycles. The Morgan fingerprint density at radius 2 is 2.00 bits per heavy atom. The van der Waals surface area contributed by atoms with Crippen molar-refractivity contribution in [3.05, 3.63) is 47.9 Å². The van der Waals surface area contributed by atoms with Crippen LogP contribution in [-0.4, -0.2) is 64.9 Å². The average molecular weight is 431 g/mol. The van der Waals surface area contributed by atoms with E-state index in [1.54, 1.807) is 23.1 Å². The molecule has 1 aliphatic rings. The number of pyridine rings is 1. The van der Waals surface area contributed by atoms with Crippen LogP contribution >= 0.6 is 0 Å². The summed E-state index contributed by atoms with van der Waals surface area (Å²) in [4.78, 5) is 29.7. The van der Waals surface area contributed by atoms with E-state index in [1.807, 2.05) is 20.8 Å². The number of ether oxygens (including phenoxy) is 2. The number of likely N-dealkylation sites (tertiary alicyclic amines) is 1. The highest BCUT2D eigenvalue weighted by molar-refractivity contribution is 5.94. The molecule has 8 nitrogen and oxygen atoms in total. The molecule has 0 aliphatic carbocycles. The molecule has 1 aromatic carbocycles. The molecule has 0 bridgehead atoms. The number of nitrogens with one attached hydrogen (secondary N) is 1. The zero-order valence-electron chi connectivity index (χ0n) is 17.7. The second kappa shape index (κ2) is 9.30. The van der Waals surface area contributed by atoms with E-state index in [9.17, 15) is 14.0 Å². The number of aliphatic hydroxyl groups is 1. The van der Waals surface area contributed by atoms with Crippen LogP contribution in [0, 0.1) is 5.82 Å². The standard InChI is InChI=1S/C22H26FN3O5/c1-22(2,3)31-21(29)26-12-16(13-26)30-15-5-7-19(25-11-15)14-4-6-17(18(23)10-14)20(28)24-8-9-27/h4-7,10-11,16,27H,8-9,12-13H2,1-3H3,(H,24,28). The quantitative estimate of drug-likeness (QED) is 0.729. The monoisotopic (exact) mass is 431 g/mol. The van der Waals surface area contributed by atoms with Gasteiger partial charge in [-0.2, -0.15) is 0 Å². The highest BCUT2D eigenvalue weighted by Gasteiger charge is 2.35. The van der Waals surface area contributed by atoms with Gasteiger partial charge in [0.15, 0.2) is 0 Å². The second-order valence-electron chi connectivity index (χ2n) is 8.18. The van der Waals surface area contributed by atoms with Gasteiger partial charge in [0, 0.05) is 12.1 Å². The minimum absolute atomic E-state index is 0.0551. The minimum Gasteiger partial charge on any atom is -0.485 e. The molecule has 0 atom stereocenters. The fraction of sp³-hybridized carbons (Fsp3) is 0.409. The Balaban J connectivity index is 1.56. The van der Waals surface area contributed by atoms with E-state index in [0.29, 0.717) is 30.1 Å². The third-order valence-corrected chi connectivity index (χ3v) is 4.45. The van der Waals surface area contributed by atoms with Crippen molar-refractivity contribution in [2.45, 2.75) is 32.5 Å². The largest absolute Gasteiger partial charge is 0.485 e. The van der Waals surface area contributed by atoms with Crippen LogP contribution in [0.3, 0.4) is 0 Å². The summed E-state index contributed by atoms with van der Waals surface area (Å²) in [7, 11) is 0. The molecule has 0 unspecified atom stereocenters. The highest BCUT2D eigenvalue weighted by Crippen LogP contribution is 2.24. The highest BCUT2D eigenvalue weighted by atomic mass is 19.1. The molecule has 1 aliphatic heterocycles. The molecule has 0 saturated carbocycles. The maximum absolute atomic E-state index is 14.3. The van der Waals surface area contributed by atoms with Crippen LogP contribution in [0.4, 0.5) is 9.18 Å². The summed E-state index contributed by atoms with van der Waals surface area (Å²) in [5, 5.41) is 11.2. The van der Waals surface area contributed by atoms with Crippen molar-refractivity contribution in [3.63, 3.8) is 0 Å². The summed E-state index contributed by atoms with van der Waals surface area (Å²) >= 11 is 0. The molecule has 1 aromatic heterocycles. The van der Waals surface area contributed by atoms with E-state index in [1.165, 1.54) is 18.3 Å². The second-order valence-corrected chi connectivity index (χ2v) is 8.18.